The number of hydrogen-bond donors (Lipinski definition) is 1. The molecular weight excluding hydrogens is 436 g/mol. The Bertz CT molecular complexity index is 1320. The zero-order chi connectivity index (χ0) is 23.1. The molecule has 0 aliphatic carbocycles. The van der Waals surface area contributed by atoms with Crippen molar-refractivity contribution in [3.8, 4) is 22.7 Å². The molecule has 0 amide bonds. The van der Waals surface area contributed by atoms with Crippen molar-refractivity contribution in [1.29, 1.82) is 0 Å². The third kappa shape index (κ3) is 5.48. The van der Waals surface area contributed by atoms with Gasteiger partial charge in [0.05, 0.1) is 23.4 Å². The molecule has 3 aromatic carbocycles. The van der Waals surface area contributed by atoms with Crippen molar-refractivity contribution in [2.24, 2.45) is 5.10 Å². The van der Waals surface area contributed by atoms with Crippen LogP contribution in [0.3, 0.4) is 0 Å². The van der Waals surface area contributed by atoms with Crippen molar-refractivity contribution in [3.63, 3.8) is 0 Å². The highest BCUT2D eigenvalue weighted by atomic mass is 32.2. The van der Waals surface area contributed by atoms with Crippen LogP contribution in [-0.4, -0.2) is 31.0 Å². The number of rotatable bonds is 9. The molecule has 0 saturated heterocycles. The molecular formula is C25H24N4O3S. The summed E-state index contributed by atoms with van der Waals surface area (Å²) in [6.07, 6.45) is 4.21. The molecule has 0 radical (unpaired) electrons. The first-order valence-corrected chi connectivity index (χ1v) is 12.0. The van der Waals surface area contributed by atoms with Gasteiger partial charge in [-0.1, -0.05) is 43.3 Å². The van der Waals surface area contributed by atoms with E-state index in [4.69, 9.17) is 9.84 Å². The molecule has 0 bridgehead atoms. The third-order valence-electron chi connectivity index (χ3n) is 4.79. The number of nitrogens with one attached hydrogen (secondary N) is 1. The van der Waals surface area contributed by atoms with E-state index in [0.29, 0.717) is 17.9 Å². The van der Waals surface area contributed by atoms with Crippen LogP contribution in [0.1, 0.15) is 18.9 Å². The Morgan fingerprint density at radius 3 is 2.30 bits per heavy atom. The number of ether oxygens (including phenoxy) is 1. The minimum atomic E-state index is -3.76. The first kappa shape index (κ1) is 22.3. The molecule has 4 rings (SSSR count). The molecule has 4 aromatic rings. The summed E-state index contributed by atoms with van der Waals surface area (Å²) >= 11 is 0. The molecule has 168 valence electrons. The monoisotopic (exact) mass is 460 g/mol. The third-order valence-corrected chi connectivity index (χ3v) is 6.03. The Kier molecular flexibility index (Phi) is 6.85. The number of sulfonamides is 1. The Labute approximate surface area is 193 Å². The number of hydrogen-bond acceptors (Lipinski definition) is 5. The molecule has 0 spiro atoms. The van der Waals surface area contributed by atoms with Crippen LogP contribution in [0.5, 0.6) is 5.75 Å². The van der Waals surface area contributed by atoms with Crippen LogP contribution in [0.15, 0.2) is 101 Å². The molecule has 1 heterocycles. The first-order valence-electron chi connectivity index (χ1n) is 10.5. The van der Waals surface area contributed by atoms with Crippen molar-refractivity contribution in [3.05, 3.63) is 96.7 Å². The summed E-state index contributed by atoms with van der Waals surface area (Å²) in [5.41, 5.74) is 3.08. The van der Waals surface area contributed by atoms with Gasteiger partial charge in [-0.25, -0.2) is 9.51 Å². The SMILES string of the molecule is CCCOc1ccc(-c2nn(-c3ccccc3)cc2/C=N/NS(=O)(=O)c2ccccc2)cc1. The van der Waals surface area contributed by atoms with Gasteiger partial charge in [0.25, 0.3) is 10.0 Å². The highest BCUT2D eigenvalue weighted by molar-refractivity contribution is 7.89. The van der Waals surface area contributed by atoms with Crippen molar-refractivity contribution in [2.45, 2.75) is 18.2 Å². The second-order valence-electron chi connectivity index (χ2n) is 7.25. The fourth-order valence-corrected chi connectivity index (χ4v) is 3.98. The predicted molar refractivity (Wildman–Crippen MR) is 129 cm³/mol. The van der Waals surface area contributed by atoms with E-state index < -0.39 is 10.0 Å². The normalized spacial score (nSPS) is 11.5. The van der Waals surface area contributed by atoms with Gasteiger partial charge in [-0.2, -0.15) is 18.6 Å². The maximum Gasteiger partial charge on any atom is 0.276 e. The van der Waals surface area contributed by atoms with Gasteiger partial charge in [0.1, 0.15) is 11.4 Å². The highest BCUT2D eigenvalue weighted by Gasteiger charge is 2.14. The van der Waals surface area contributed by atoms with E-state index in [1.165, 1.54) is 18.3 Å². The Hall–Kier alpha value is -3.91. The first-order chi connectivity index (χ1) is 16.1. The van der Waals surface area contributed by atoms with Gasteiger partial charge in [-0.15, -0.1) is 0 Å². The zero-order valence-corrected chi connectivity index (χ0v) is 18.9. The summed E-state index contributed by atoms with van der Waals surface area (Å²) in [5, 5.41) is 8.72. The summed E-state index contributed by atoms with van der Waals surface area (Å²) in [5.74, 6) is 0.786. The summed E-state index contributed by atoms with van der Waals surface area (Å²) < 4.78 is 32.3. The van der Waals surface area contributed by atoms with Crippen LogP contribution in [0.2, 0.25) is 0 Å². The molecule has 0 atom stereocenters. The largest absolute Gasteiger partial charge is 0.494 e. The lowest BCUT2D eigenvalue weighted by molar-refractivity contribution is 0.317. The van der Waals surface area contributed by atoms with Gasteiger partial charge >= 0.3 is 0 Å². The minimum Gasteiger partial charge on any atom is -0.494 e. The smallest absolute Gasteiger partial charge is 0.276 e. The van der Waals surface area contributed by atoms with Crippen LogP contribution in [0.4, 0.5) is 0 Å². The van der Waals surface area contributed by atoms with Gasteiger partial charge in [0, 0.05) is 17.3 Å². The lowest BCUT2D eigenvalue weighted by Crippen LogP contribution is -2.18. The van der Waals surface area contributed by atoms with Gasteiger partial charge in [0.15, 0.2) is 0 Å². The van der Waals surface area contributed by atoms with Gasteiger partial charge in [0.2, 0.25) is 0 Å². The fourth-order valence-electron chi connectivity index (χ4n) is 3.17. The van der Waals surface area contributed by atoms with E-state index in [2.05, 4.69) is 16.9 Å². The minimum absolute atomic E-state index is 0.144. The number of nitrogens with zero attached hydrogens (tertiary/aromatic N) is 3. The van der Waals surface area contributed by atoms with Crippen LogP contribution in [0, 0.1) is 0 Å². The van der Waals surface area contributed by atoms with Crippen LogP contribution in [-0.2, 0) is 10.0 Å². The van der Waals surface area contributed by atoms with Gasteiger partial charge < -0.3 is 4.74 Å². The van der Waals surface area contributed by atoms with Crippen molar-refractivity contribution in [1.82, 2.24) is 14.6 Å². The standard InChI is InChI=1S/C25H24N4O3S/c1-2-17-32-23-15-13-20(14-16-23)25-21(19-29(27-25)22-9-5-3-6-10-22)18-26-28-33(30,31)24-11-7-4-8-12-24/h3-16,18-19,28H,2,17H2,1H3/b26-18+. The van der Waals surface area contributed by atoms with Gasteiger partial charge in [-0.3, -0.25) is 0 Å². The molecule has 0 fully saturated rings. The number of para-hydroxylation sites is 1. The lowest BCUT2D eigenvalue weighted by atomic mass is 10.1. The average molecular weight is 461 g/mol. The number of hydrazone groups is 1. The maximum atomic E-state index is 12.5. The van der Waals surface area contributed by atoms with Crippen LogP contribution >= 0.6 is 0 Å². The summed E-state index contributed by atoms with van der Waals surface area (Å²) in [7, 11) is -3.76. The summed E-state index contributed by atoms with van der Waals surface area (Å²) in [6.45, 7) is 2.71. The quantitative estimate of drug-likeness (QED) is 0.291. The van der Waals surface area contributed by atoms with Crippen LogP contribution in [0.25, 0.3) is 16.9 Å². The average Bonchev–Trinajstić information content (AvgIpc) is 3.28. The molecule has 0 unspecified atom stereocenters. The van der Waals surface area contributed by atoms with E-state index in [1.54, 1.807) is 22.9 Å². The highest BCUT2D eigenvalue weighted by Crippen LogP contribution is 2.25. The molecule has 7 nitrogen and oxygen atoms in total. The fraction of sp³-hybridized carbons (Fsp3) is 0.120. The summed E-state index contributed by atoms with van der Waals surface area (Å²) in [6, 6.07) is 25.4. The second-order valence-corrected chi connectivity index (χ2v) is 8.91. The molecule has 33 heavy (non-hydrogen) atoms. The lowest BCUT2D eigenvalue weighted by Gasteiger charge is -2.05. The molecule has 1 aromatic heterocycles. The van der Waals surface area contributed by atoms with Crippen molar-refractivity contribution < 1.29 is 13.2 Å². The molecule has 0 saturated carbocycles. The van der Waals surface area contributed by atoms with E-state index in [0.717, 1.165) is 23.4 Å². The number of aromatic nitrogens is 2. The van der Waals surface area contributed by atoms with E-state index in [-0.39, 0.29) is 4.90 Å². The molecule has 1 N–H and O–H groups in total. The van der Waals surface area contributed by atoms with Crippen LogP contribution < -0.4 is 9.57 Å². The van der Waals surface area contributed by atoms with Crippen molar-refractivity contribution >= 4 is 16.2 Å². The summed E-state index contributed by atoms with van der Waals surface area (Å²) in [4.78, 5) is 2.41. The Morgan fingerprint density at radius 2 is 1.64 bits per heavy atom. The number of benzene rings is 3. The zero-order valence-electron chi connectivity index (χ0n) is 18.1. The molecule has 0 aliphatic heterocycles. The second kappa shape index (κ2) is 10.1. The van der Waals surface area contributed by atoms with Crippen molar-refractivity contribution in [2.75, 3.05) is 6.61 Å². The molecule has 0 aliphatic rings. The maximum absolute atomic E-state index is 12.5. The Morgan fingerprint density at radius 1 is 0.970 bits per heavy atom. The van der Waals surface area contributed by atoms with E-state index in [1.807, 2.05) is 60.8 Å². The van der Waals surface area contributed by atoms with Gasteiger partial charge in [-0.05, 0) is 55.0 Å². The Balaban J connectivity index is 1.64. The van der Waals surface area contributed by atoms with E-state index in [9.17, 15) is 8.42 Å². The van der Waals surface area contributed by atoms with E-state index >= 15 is 0 Å². The topological polar surface area (TPSA) is 85.6 Å². The predicted octanol–water partition coefficient (Wildman–Crippen LogP) is 4.64. The molecule has 8 heteroatoms.